The molecule has 0 bridgehead atoms. The third kappa shape index (κ3) is 2.69. The van der Waals surface area contributed by atoms with Crippen LogP contribution in [0.3, 0.4) is 0 Å². The van der Waals surface area contributed by atoms with Crippen LogP contribution in [0.1, 0.15) is 16.8 Å². The number of carbonyl (C=O) groups is 2. The molecule has 1 fully saturated rings. The molecular formula is C13H13Cl2NO3. The van der Waals surface area contributed by atoms with Gasteiger partial charge in [-0.15, -0.1) is 11.6 Å². The molecule has 0 N–H and O–H groups in total. The summed E-state index contributed by atoms with van der Waals surface area (Å²) < 4.78 is 4.72. The second-order valence-electron chi connectivity index (χ2n) is 4.36. The number of halogens is 2. The molecule has 1 heterocycles. The van der Waals surface area contributed by atoms with Gasteiger partial charge in [0.15, 0.2) is 0 Å². The predicted octanol–water partition coefficient (Wildman–Crippen LogP) is 2.72. The Balaban J connectivity index is 2.44. The fraction of sp³-hybridized carbons (Fsp3) is 0.385. The summed E-state index contributed by atoms with van der Waals surface area (Å²) >= 11 is 11.9. The molecule has 1 aromatic rings. The summed E-state index contributed by atoms with van der Waals surface area (Å²) in [5.41, 5.74) is 0.701. The van der Waals surface area contributed by atoms with Crippen molar-refractivity contribution in [3.63, 3.8) is 0 Å². The number of alkyl halides is 1. The highest BCUT2D eigenvalue weighted by Gasteiger charge is 2.33. The number of rotatable bonds is 3. The molecule has 0 radical (unpaired) electrons. The van der Waals surface area contributed by atoms with E-state index in [1.807, 2.05) is 0 Å². The maximum Gasteiger partial charge on any atom is 0.340 e. The minimum Gasteiger partial charge on any atom is -0.465 e. The largest absolute Gasteiger partial charge is 0.465 e. The van der Waals surface area contributed by atoms with Crippen molar-refractivity contribution in [3.05, 3.63) is 28.8 Å². The lowest BCUT2D eigenvalue weighted by atomic mass is 10.1. The van der Waals surface area contributed by atoms with Crippen LogP contribution in [-0.2, 0) is 9.53 Å². The van der Waals surface area contributed by atoms with E-state index in [4.69, 9.17) is 27.9 Å². The van der Waals surface area contributed by atoms with E-state index in [1.165, 1.54) is 12.0 Å². The molecule has 1 saturated heterocycles. The average molecular weight is 302 g/mol. The predicted molar refractivity (Wildman–Crippen MR) is 74.0 cm³/mol. The van der Waals surface area contributed by atoms with Gasteiger partial charge in [-0.2, -0.15) is 0 Å². The van der Waals surface area contributed by atoms with Crippen LogP contribution in [0.5, 0.6) is 0 Å². The van der Waals surface area contributed by atoms with E-state index in [0.717, 1.165) is 0 Å². The van der Waals surface area contributed by atoms with Crippen LogP contribution in [-0.4, -0.2) is 31.4 Å². The quantitative estimate of drug-likeness (QED) is 0.637. The number of benzene rings is 1. The summed E-state index contributed by atoms with van der Waals surface area (Å²) in [5.74, 6) is -0.111. The zero-order valence-electron chi connectivity index (χ0n) is 10.4. The van der Waals surface area contributed by atoms with E-state index >= 15 is 0 Å². The van der Waals surface area contributed by atoms with Crippen LogP contribution >= 0.6 is 23.2 Å². The summed E-state index contributed by atoms with van der Waals surface area (Å²) in [7, 11) is 1.29. The van der Waals surface area contributed by atoms with Crippen molar-refractivity contribution in [2.75, 3.05) is 24.4 Å². The van der Waals surface area contributed by atoms with Crippen LogP contribution in [0.2, 0.25) is 5.02 Å². The SMILES string of the molecule is COC(=O)c1cccc(Cl)c1N1CC(CCl)CC1=O. The zero-order chi connectivity index (χ0) is 14.0. The van der Waals surface area contributed by atoms with Crippen molar-refractivity contribution in [1.29, 1.82) is 0 Å². The van der Waals surface area contributed by atoms with Crippen molar-refractivity contribution >= 4 is 40.8 Å². The van der Waals surface area contributed by atoms with E-state index < -0.39 is 5.97 Å². The van der Waals surface area contributed by atoms with Crippen LogP contribution in [0.15, 0.2) is 18.2 Å². The highest BCUT2D eigenvalue weighted by atomic mass is 35.5. The first-order valence-electron chi connectivity index (χ1n) is 5.81. The maximum atomic E-state index is 12.0. The van der Waals surface area contributed by atoms with Crippen LogP contribution < -0.4 is 4.90 Å². The van der Waals surface area contributed by atoms with Gasteiger partial charge in [-0.1, -0.05) is 17.7 Å². The first-order valence-corrected chi connectivity index (χ1v) is 6.73. The van der Waals surface area contributed by atoms with Crippen molar-refractivity contribution in [2.24, 2.45) is 5.92 Å². The molecule has 1 amide bonds. The number of nitrogens with zero attached hydrogens (tertiary/aromatic N) is 1. The van der Waals surface area contributed by atoms with Crippen molar-refractivity contribution < 1.29 is 14.3 Å². The molecule has 4 nitrogen and oxygen atoms in total. The van der Waals surface area contributed by atoms with Gasteiger partial charge in [0.25, 0.3) is 0 Å². The van der Waals surface area contributed by atoms with E-state index in [2.05, 4.69) is 0 Å². The topological polar surface area (TPSA) is 46.6 Å². The van der Waals surface area contributed by atoms with Crippen LogP contribution in [0, 0.1) is 5.92 Å². The molecular weight excluding hydrogens is 289 g/mol. The van der Waals surface area contributed by atoms with E-state index in [9.17, 15) is 9.59 Å². The average Bonchev–Trinajstić information content (AvgIpc) is 2.78. The number of anilines is 1. The molecule has 1 aliphatic rings. The summed E-state index contributed by atoms with van der Waals surface area (Å²) in [5, 5.41) is 0.353. The Kier molecular flexibility index (Phi) is 4.32. The lowest BCUT2D eigenvalue weighted by Gasteiger charge is -2.20. The summed E-state index contributed by atoms with van der Waals surface area (Å²) in [4.78, 5) is 25.3. The van der Waals surface area contributed by atoms with Gasteiger partial charge in [-0.05, 0) is 18.1 Å². The number of ether oxygens (including phenoxy) is 1. The highest BCUT2D eigenvalue weighted by molar-refractivity contribution is 6.35. The third-order valence-electron chi connectivity index (χ3n) is 3.09. The first kappa shape index (κ1) is 14.2. The lowest BCUT2D eigenvalue weighted by Crippen LogP contribution is -2.27. The van der Waals surface area contributed by atoms with Gasteiger partial charge >= 0.3 is 5.97 Å². The number of amides is 1. The number of methoxy groups -OCH3 is 1. The molecule has 6 heteroatoms. The normalized spacial score (nSPS) is 18.8. The van der Waals surface area contributed by atoms with Crippen molar-refractivity contribution in [3.8, 4) is 0 Å². The van der Waals surface area contributed by atoms with Gasteiger partial charge in [-0.3, -0.25) is 4.79 Å². The summed E-state index contributed by atoms with van der Waals surface area (Å²) in [6.07, 6.45) is 0.370. The zero-order valence-corrected chi connectivity index (χ0v) is 11.9. The Morgan fingerprint density at radius 3 is 2.84 bits per heavy atom. The van der Waals surface area contributed by atoms with Gasteiger partial charge in [0.1, 0.15) is 0 Å². The smallest absolute Gasteiger partial charge is 0.340 e. The Morgan fingerprint density at radius 2 is 2.26 bits per heavy atom. The van der Waals surface area contributed by atoms with E-state index in [0.29, 0.717) is 35.1 Å². The second-order valence-corrected chi connectivity index (χ2v) is 5.07. The molecule has 102 valence electrons. The second kappa shape index (κ2) is 5.80. The maximum absolute atomic E-state index is 12.0. The lowest BCUT2D eigenvalue weighted by molar-refractivity contribution is -0.117. The molecule has 1 aromatic carbocycles. The molecule has 0 aliphatic carbocycles. The number of hydrogen-bond donors (Lipinski definition) is 0. The Hall–Kier alpha value is -1.26. The summed E-state index contributed by atoms with van der Waals surface area (Å²) in [6.45, 7) is 0.468. The molecule has 0 aromatic heterocycles. The molecule has 19 heavy (non-hydrogen) atoms. The van der Waals surface area contributed by atoms with Gasteiger partial charge in [0.2, 0.25) is 5.91 Å². The minimum absolute atomic E-state index is 0.0796. The van der Waals surface area contributed by atoms with Gasteiger partial charge < -0.3 is 9.64 Å². The Morgan fingerprint density at radius 1 is 1.53 bits per heavy atom. The number of para-hydroxylation sites is 1. The van der Waals surface area contributed by atoms with Crippen molar-refractivity contribution in [1.82, 2.24) is 0 Å². The van der Waals surface area contributed by atoms with E-state index in [1.54, 1.807) is 18.2 Å². The first-order chi connectivity index (χ1) is 9.08. The summed E-state index contributed by atoms with van der Waals surface area (Å²) in [6, 6.07) is 4.89. The van der Waals surface area contributed by atoms with Gasteiger partial charge in [0.05, 0.1) is 23.4 Å². The third-order valence-corrected chi connectivity index (χ3v) is 3.83. The van der Waals surface area contributed by atoms with Crippen molar-refractivity contribution in [2.45, 2.75) is 6.42 Å². The fourth-order valence-electron chi connectivity index (χ4n) is 2.17. The molecule has 1 unspecified atom stereocenters. The number of carbonyl (C=O) groups excluding carboxylic acids is 2. The molecule has 1 atom stereocenters. The van der Waals surface area contributed by atoms with Crippen LogP contribution in [0.4, 0.5) is 5.69 Å². The van der Waals surface area contributed by atoms with Crippen LogP contribution in [0.25, 0.3) is 0 Å². The highest BCUT2D eigenvalue weighted by Crippen LogP contribution is 2.35. The standard InChI is InChI=1S/C13H13Cl2NO3/c1-19-13(18)9-3-2-4-10(15)12(9)16-7-8(6-14)5-11(16)17/h2-4,8H,5-7H2,1H3. The van der Waals surface area contributed by atoms with E-state index in [-0.39, 0.29) is 11.8 Å². The molecule has 2 rings (SSSR count). The molecule has 0 spiro atoms. The van der Waals surface area contributed by atoms with Gasteiger partial charge in [-0.25, -0.2) is 4.79 Å². The Labute approximate surface area is 121 Å². The monoisotopic (exact) mass is 301 g/mol. The fourth-order valence-corrected chi connectivity index (χ4v) is 2.65. The van der Waals surface area contributed by atoms with Gasteiger partial charge in [0, 0.05) is 18.8 Å². The molecule has 1 aliphatic heterocycles. The number of esters is 1. The Bertz CT molecular complexity index is 519. The number of hydrogen-bond acceptors (Lipinski definition) is 3. The molecule has 0 saturated carbocycles. The minimum atomic E-state index is -0.514.